The zero-order chi connectivity index (χ0) is 14.1. The first-order valence-electron chi connectivity index (χ1n) is 6.42. The van der Waals surface area contributed by atoms with Crippen LogP contribution in [0.1, 0.15) is 34.6 Å². The van der Waals surface area contributed by atoms with E-state index >= 15 is 0 Å². The summed E-state index contributed by atoms with van der Waals surface area (Å²) < 4.78 is 0. The van der Waals surface area contributed by atoms with Crippen molar-refractivity contribution in [3.63, 3.8) is 0 Å². The van der Waals surface area contributed by atoms with Gasteiger partial charge in [-0.05, 0) is 51.3 Å². The van der Waals surface area contributed by atoms with Crippen molar-refractivity contribution in [2.75, 3.05) is 13.6 Å². The standard InChI is InChI=1S/C16H26N2/c1-9-10-12(2)11-18-15(5)13(3)14(4)16(6,7)17(18)8/h9-10H,2,5,11H2,1,3-4,6-8H3/b10-9-. The maximum absolute atomic E-state index is 4.22. The third-order valence-corrected chi connectivity index (χ3v) is 4.15. The molecule has 0 radical (unpaired) electrons. The van der Waals surface area contributed by atoms with E-state index in [0.717, 1.165) is 17.8 Å². The summed E-state index contributed by atoms with van der Waals surface area (Å²) in [4.78, 5) is 0. The Labute approximate surface area is 112 Å². The van der Waals surface area contributed by atoms with E-state index in [1.54, 1.807) is 0 Å². The number of hydrazine groups is 1. The van der Waals surface area contributed by atoms with E-state index < -0.39 is 0 Å². The predicted octanol–water partition coefficient (Wildman–Crippen LogP) is 3.91. The van der Waals surface area contributed by atoms with Crippen molar-refractivity contribution in [2.24, 2.45) is 0 Å². The fourth-order valence-electron chi connectivity index (χ4n) is 2.28. The van der Waals surface area contributed by atoms with Gasteiger partial charge in [-0.15, -0.1) is 0 Å². The number of allylic oxidation sites excluding steroid dienone is 2. The van der Waals surface area contributed by atoms with Crippen molar-refractivity contribution < 1.29 is 0 Å². The molecule has 1 aliphatic heterocycles. The van der Waals surface area contributed by atoms with Gasteiger partial charge in [-0.2, -0.15) is 0 Å². The molecule has 0 N–H and O–H groups in total. The van der Waals surface area contributed by atoms with Crippen LogP contribution < -0.4 is 0 Å². The quantitative estimate of drug-likeness (QED) is 0.697. The Morgan fingerprint density at radius 1 is 1.33 bits per heavy atom. The number of rotatable bonds is 3. The lowest BCUT2D eigenvalue weighted by Crippen LogP contribution is -2.55. The summed E-state index contributed by atoms with van der Waals surface area (Å²) >= 11 is 0. The van der Waals surface area contributed by atoms with Gasteiger partial charge in [-0.1, -0.05) is 25.3 Å². The van der Waals surface area contributed by atoms with E-state index in [-0.39, 0.29) is 5.54 Å². The molecule has 0 fully saturated rings. The molecule has 2 heteroatoms. The Morgan fingerprint density at radius 3 is 2.39 bits per heavy atom. The molecule has 0 unspecified atom stereocenters. The molecular formula is C16H26N2. The fourth-order valence-corrected chi connectivity index (χ4v) is 2.28. The van der Waals surface area contributed by atoms with Gasteiger partial charge in [0.2, 0.25) is 0 Å². The summed E-state index contributed by atoms with van der Waals surface area (Å²) in [5.74, 6) is 0. The van der Waals surface area contributed by atoms with Gasteiger partial charge in [0.05, 0.1) is 12.1 Å². The fraction of sp³-hybridized carbons (Fsp3) is 0.500. The van der Waals surface area contributed by atoms with Crippen LogP contribution in [0.2, 0.25) is 0 Å². The monoisotopic (exact) mass is 246 g/mol. The molecule has 0 aromatic heterocycles. The van der Waals surface area contributed by atoms with Crippen LogP contribution in [0.5, 0.6) is 0 Å². The van der Waals surface area contributed by atoms with Gasteiger partial charge >= 0.3 is 0 Å². The molecule has 1 heterocycles. The molecule has 0 aliphatic carbocycles. The SMILES string of the molecule is C=C(/C=C\C)CN1C(=C)C(C)=C(C)C(C)(C)N1C. The topological polar surface area (TPSA) is 6.48 Å². The Bertz CT molecular complexity index is 424. The van der Waals surface area contributed by atoms with Gasteiger partial charge in [0.15, 0.2) is 0 Å². The summed E-state index contributed by atoms with van der Waals surface area (Å²) in [6.45, 7) is 19.9. The predicted molar refractivity (Wildman–Crippen MR) is 80.0 cm³/mol. The number of hydrogen-bond acceptors (Lipinski definition) is 2. The Morgan fingerprint density at radius 2 is 1.89 bits per heavy atom. The van der Waals surface area contributed by atoms with Crippen molar-refractivity contribution in [1.29, 1.82) is 0 Å². The molecule has 0 bridgehead atoms. The second kappa shape index (κ2) is 5.15. The molecule has 100 valence electrons. The van der Waals surface area contributed by atoms with Crippen LogP contribution >= 0.6 is 0 Å². The molecule has 0 saturated carbocycles. The molecule has 0 aromatic rings. The van der Waals surface area contributed by atoms with E-state index in [9.17, 15) is 0 Å². The third-order valence-electron chi connectivity index (χ3n) is 4.15. The highest BCUT2D eigenvalue weighted by molar-refractivity contribution is 5.38. The van der Waals surface area contributed by atoms with E-state index in [0.29, 0.717) is 0 Å². The second-order valence-electron chi connectivity index (χ2n) is 5.50. The molecule has 2 nitrogen and oxygen atoms in total. The van der Waals surface area contributed by atoms with Crippen LogP contribution in [-0.4, -0.2) is 29.1 Å². The van der Waals surface area contributed by atoms with E-state index in [4.69, 9.17) is 0 Å². The first-order valence-corrected chi connectivity index (χ1v) is 6.42. The maximum atomic E-state index is 4.22. The molecule has 1 rings (SSSR count). The highest BCUT2D eigenvalue weighted by Gasteiger charge is 2.36. The largest absolute Gasteiger partial charge is 0.301 e. The number of nitrogens with zero attached hydrogens (tertiary/aromatic N) is 2. The van der Waals surface area contributed by atoms with Crippen LogP contribution in [0, 0.1) is 0 Å². The molecule has 18 heavy (non-hydrogen) atoms. The van der Waals surface area contributed by atoms with Crippen LogP contribution in [-0.2, 0) is 0 Å². The summed E-state index contributed by atoms with van der Waals surface area (Å²) in [6.07, 6.45) is 4.07. The van der Waals surface area contributed by atoms with Crippen molar-refractivity contribution in [3.05, 3.63) is 47.7 Å². The van der Waals surface area contributed by atoms with Gasteiger partial charge in [0.1, 0.15) is 0 Å². The van der Waals surface area contributed by atoms with E-state index in [1.807, 2.05) is 13.0 Å². The lowest BCUT2D eigenvalue weighted by atomic mass is 9.87. The minimum absolute atomic E-state index is 0.0154. The summed E-state index contributed by atoms with van der Waals surface area (Å²) in [5.41, 5.74) is 4.84. The highest BCUT2D eigenvalue weighted by Crippen LogP contribution is 2.36. The molecule has 0 amide bonds. The van der Waals surface area contributed by atoms with Gasteiger partial charge in [0, 0.05) is 12.7 Å². The molecule has 0 atom stereocenters. The van der Waals surface area contributed by atoms with Crippen molar-refractivity contribution in [1.82, 2.24) is 10.0 Å². The zero-order valence-electron chi connectivity index (χ0n) is 12.7. The van der Waals surface area contributed by atoms with Crippen molar-refractivity contribution in [3.8, 4) is 0 Å². The molecular weight excluding hydrogens is 220 g/mol. The highest BCUT2D eigenvalue weighted by atomic mass is 15.6. The smallest absolute Gasteiger partial charge is 0.0591 e. The first-order chi connectivity index (χ1) is 8.23. The van der Waals surface area contributed by atoms with Gasteiger partial charge < -0.3 is 5.01 Å². The van der Waals surface area contributed by atoms with E-state index in [2.05, 4.69) is 64.0 Å². The minimum Gasteiger partial charge on any atom is -0.301 e. The minimum atomic E-state index is 0.0154. The Balaban J connectivity index is 3.08. The molecule has 0 spiro atoms. The van der Waals surface area contributed by atoms with Crippen LogP contribution in [0.4, 0.5) is 0 Å². The van der Waals surface area contributed by atoms with Crippen molar-refractivity contribution in [2.45, 2.75) is 40.2 Å². The normalized spacial score (nSPS) is 21.0. The molecule has 0 saturated heterocycles. The van der Waals surface area contributed by atoms with Crippen LogP contribution in [0.15, 0.2) is 47.7 Å². The zero-order valence-corrected chi connectivity index (χ0v) is 12.7. The van der Waals surface area contributed by atoms with Gasteiger partial charge in [-0.3, -0.25) is 0 Å². The van der Waals surface area contributed by atoms with Crippen molar-refractivity contribution >= 4 is 0 Å². The maximum Gasteiger partial charge on any atom is 0.0591 e. The molecule has 0 aromatic carbocycles. The summed E-state index contributed by atoms with van der Waals surface area (Å²) in [5, 5.41) is 4.47. The van der Waals surface area contributed by atoms with Gasteiger partial charge in [-0.25, -0.2) is 5.01 Å². The number of hydrogen-bond donors (Lipinski definition) is 0. The second-order valence-corrected chi connectivity index (χ2v) is 5.50. The lowest BCUT2D eigenvalue weighted by Gasteiger charge is -2.50. The summed E-state index contributed by atoms with van der Waals surface area (Å²) in [7, 11) is 2.12. The molecule has 1 aliphatic rings. The Hall–Kier alpha value is -1.28. The van der Waals surface area contributed by atoms with Crippen LogP contribution in [0.3, 0.4) is 0 Å². The van der Waals surface area contributed by atoms with Crippen LogP contribution in [0.25, 0.3) is 0 Å². The first kappa shape index (κ1) is 14.8. The lowest BCUT2D eigenvalue weighted by molar-refractivity contribution is -0.0318. The third kappa shape index (κ3) is 2.44. The number of likely N-dealkylation sites (N-methyl/N-ethyl adjacent to an activating group) is 1. The van der Waals surface area contributed by atoms with E-state index in [1.165, 1.54) is 11.1 Å². The average Bonchev–Trinajstić information content (AvgIpc) is 2.31. The summed E-state index contributed by atoms with van der Waals surface area (Å²) in [6, 6.07) is 0. The van der Waals surface area contributed by atoms with Gasteiger partial charge in [0.25, 0.3) is 0 Å². The average molecular weight is 246 g/mol. The Kier molecular flexibility index (Phi) is 4.23.